The summed E-state index contributed by atoms with van der Waals surface area (Å²) in [6.07, 6.45) is 3.52. The number of benzene rings is 1. The summed E-state index contributed by atoms with van der Waals surface area (Å²) in [5.74, 6) is 1.33. The molecule has 0 aliphatic carbocycles. The molecule has 0 saturated carbocycles. The predicted molar refractivity (Wildman–Crippen MR) is 121 cm³/mol. The Hall–Kier alpha value is -2.64. The van der Waals surface area contributed by atoms with Gasteiger partial charge in [-0.15, -0.1) is 0 Å². The van der Waals surface area contributed by atoms with Gasteiger partial charge in [-0.2, -0.15) is 0 Å². The first kappa shape index (κ1) is 23.0. The fourth-order valence-corrected chi connectivity index (χ4v) is 3.73. The lowest BCUT2D eigenvalue weighted by molar-refractivity contribution is -0.131. The number of methoxy groups -OCH3 is 1. The lowest BCUT2D eigenvalue weighted by atomic mass is 10.1. The Labute approximate surface area is 188 Å². The number of carbonyl (C=O) groups is 2. The number of hydrogen-bond acceptors (Lipinski definition) is 5. The van der Waals surface area contributed by atoms with Crippen LogP contribution in [0, 0.1) is 0 Å². The number of rotatable bonds is 7. The topological polar surface area (TPSA) is 74.8 Å². The molecule has 3 rings (SSSR count). The second-order valence-corrected chi connectivity index (χ2v) is 8.08. The number of nitrogens with one attached hydrogen (secondary N) is 1. The molecule has 2 amide bonds. The third kappa shape index (κ3) is 6.67. The Kier molecular flexibility index (Phi) is 8.26. The Morgan fingerprint density at radius 3 is 2.58 bits per heavy atom. The molecule has 1 unspecified atom stereocenters. The van der Waals surface area contributed by atoms with Crippen molar-refractivity contribution in [3.63, 3.8) is 0 Å². The molecule has 7 nitrogen and oxygen atoms in total. The molecule has 1 aliphatic rings. The second-order valence-electron chi connectivity index (χ2n) is 7.65. The monoisotopic (exact) mass is 444 g/mol. The molecular weight excluding hydrogens is 416 g/mol. The average Bonchev–Trinajstić information content (AvgIpc) is 3.05. The number of aryl methyl sites for hydroxylation is 1. The number of pyridine rings is 1. The predicted octanol–water partition coefficient (Wildman–Crippen LogP) is 3.24. The van der Waals surface area contributed by atoms with E-state index in [0.717, 1.165) is 24.3 Å². The first-order chi connectivity index (χ1) is 15.0. The lowest BCUT2D eigenvalue weighted by Crippen LogP contribution is -2.44. The molecule has 1 aliphatic heterocycles. The summed E-state index contributed by atoms with van der Waals surface area (Å²) in [5.41, 5.74) is 1.12. The smallest absolute Gasteiger partial charge is 0.242 e. The maximum Gasteiger partial charge on any atom is 0.242 e. The highest BCUT2D eigenvalue weighted by atomic mass is 35.5. The van der Waals surface area contributed by atoms with Gasteiger partial charge >= 0.3 is 0 Å². The van der Waals surface area contributed by atoms with Crippen LogP contribution in [0.1, 0.15) is 25.3 Å². The van der Waals surface area contributed by atoms with E-state index in [0.29, 0.717) is 43.3 Å². The van der Waals surface area contributed by atoms with Crippen molar-refractivity contribution in [3.05, 3.63) is 53.2 Å². The van der Waals surface area contributed by atoms with Crippen LogP contribution in [0.2, 0.25) is 5.02 Å². The number of halogens is 1. The van der Waals surface area contributed by atoms with Gasteiger partial charge in [0.1, 0.15) is 11.6 Å². The quantitative estimate of drug-likeness (QED) is 0.709. The molecule has 0 bridgehead atoms. The highest BCUT2D eigenvalue weighted by molar-refractivity contribution is 6.30. The Balaban J connectivity index is 1.47. The SMILES string of the molecule is COc1ccc(CCC(=O)N2CCCN(C(C)C(=O)Nc3ccc(Cl)cn3)CC2)cc1. The summed E-state index contributed by atoms with van der Waals surface area (Å²) < 4.78 is 5.17. The van der Waals surface area contributed by atoms with E-state index < -0.39 is 0 Å². The molecule has 0 spiro atoms. The van der Waals surface area contributed by atoms with E-state index in [-0.39, 0.29) is 17.9 Å². The molecular formula is C23H29ClN4O3. The standard InChI is InChI=1S/C23H29ClN4O3/c1-17(23(30)26-21-10-7-19(24)16-25-21)27-12-3-13-28(15-14-27)22(29)11-6-18-4-8-20(31-2)9-5-18/h4-5,7-10,16-17H,3,6,11-15H2,1-2H3,(H,25,26,30). The second kappa shape index (κ2) is 11.1. The fraction of sp³-hybridized carbons (Fsp3) is 0.435. The van der Waals surface area contributed by atoms with Crippen molar-refractivity contribution in [1.82, 2.24) is 14.8 Å². The van der Waals surface area contributed by atoms with Crippen LogP contribution in [0.5, 0.6) is 5.75 Å². The average molecular weight is 445 g/mol. The number of hydrogen-bond donors (Lipinski definition) is 1. The minimum Gasteiger partial charge on any atom is -0.497 e. The summed E-state index contributed by atoms with van der Waals surface area (Å²) in [6, 6.07) is 10.9. The van der Waals surface area contributed by atoms with Crippen molar-refractivity contribution in [3.8, 4) is 5.75 Å². The normalized spacial score (nSPS) is 15.8. The van der Waals surface area contributed by atoms with Gasteiger partial charge in [-0.25, -0.2) is 4.98 Å². The molecule has 1 aromatic heterocycles. The van der Waals surface area contributed by atoms with Crippen LogP contribution in [-0.2, 0) is 16.0 Å². The minimum atomic E-state index is -0.313. The first-order valence-electron chi connectivity index (χ1n) is 10.5. The molecule has 0 radical (unpaired) electrons. The number of nitrogens with zero attached hydrogens (tertiary/aromatic N) is 3. The maximum atomic E-state index is 12.7. The number of carbonyl (C=O) groups excluding carboxylic acids is 2. The van der Waals surface area contributed by atoms with Gasteiger partial charge in [-0.3, -0.25) is 14.5 Å². The van der Waals surface area contributed by atoms with Crippen LogP contribution in [0.15, 0.2) is 42.6 Å². The molecule has 1 aromatic carbocycles. The summed E-state index contributed by atoms with van der Waals surface area (Å²) in [6.45, 7) is 4.65. The van der Waals surface area contributed by atoms with Crippen molar-refractivity contribution in [1.29, 1.82) is 0 Å². The number of anilines is 1. The number of ether oxygens (including phenoxy) is 1. The third-order valence-electron chi connectivity index (χ3n) is 5.58. The fourth-order valence-electron chi connectivity index (χ4n) is 3.62. The number of amides is 2. The van der Waals surface area contributed by atoms with Gasteiger partial charge in [-0.05, 0) is 49.6 Å². The summed E-state index contributed by atoms with van der Waals surface area (Å²) >= 11 is 5.84. The summed E-state index contributed by atoms with van der Waals surface area (Å²) in [7, 11) is 1.64. The van der Waals surface area contributed by atoms with Crippen LogP contribution >= 0.6 is 11.6 Å². The van der Waals surface area contributed by atoms with E-state index in [4.69, 9.17) is 16.3 Å². The highest BCUT2D eigenvalue weighted by Crippen LogP contribution is 2.15. The van der Waals surface area contributed by atoms with Crippen LogP contribution in [0.25, 0.3) is 0 Å². The van der Waals surface area contributed by atoms with Gasteiger partial charge in [0.05, 0.1) is 18.2 Å². The Morgan fingerprint density at radius 2 is 1.90 bits per heavy atom. The molecule has 1 atom stereocenters. The zero-order valence-corrected chi connectivity index (χ0v) is 18.8. The molecule has 1 N–H and O–H groups in total. The van der Waals surface area contributed by atoms with Gasteiger partial charge in [0.25, 0.3) is 0 Å². The van der Waals surface area contributed by atoms with Crippen molar-refractivity contribution in [2.24, 2.45) is 0 Å². The Morgan fingerprint density at radius 1 is 1.13 bits per heavy atom. The van der Waals surface area contributed by atoms with Gasteiger partial charge in [0.15, 0.2) is 0 Å². The molecule has 1 fully saturated rings. The van der Waals surface area contributed by atoms with Gasteiger partial charge in [0.2, 0.25) is 11.8 Å². The van der Waals surface area contributed by atoms with Crippen LogP contribution in [-0.4, -0.2) is 65.9 Å². The van der Waals surface area contributed by atoms with Crippen LogP contribution in [0.3, 0.4) is 0 Å². The van der Waals surface area contributed by atoms with Crippen LogP contribution in [0.4, 0.5) is 5.82 Å². The van der Waals surface area contributed by atoms with E-state index in [1.165, 1.54) is 6.20 Å². The van der Waals surface area contributed by atoms with Crippen molar-refractivity contribution < 1.29 is 14.3 Å². The van der Waals surface area contributed by atoms with E-state index in [1.54, 1.807) is 19.2 Å². The molecule has 8 heteroatoms. The lowest BCUT2D eigenvalue weighted by Gasteiger charge is -2.26. The Bertz CT molecular complexity index is 873. The largest absolute Gasteiger partial charge is 0.497 e. The molecule has 2 heterocycles. The van der Waals surface area contributed by atoms with E-state index in [2.05, 4.69) is 15.2 Å². The van der Waals surface area contributed by atoms with Gasteiger partial charge < -0.3 is 15.0 Å². The minimum absolute atomic E-state index is 0.117. The highest BCUT2D eigenvalue weighted by Gasteiger charge is 2.25. The van der Waals surface area contributed by atoms with Crippen molar-refractivity contribution >= 4 is 29.2 Å². The van der Waals surface area contributed by atoms with Crippen molar-refractivity contribution in [2.75, 3.05) is 38.6 Å². The molecule has 166 valence electrons. The number of aromatic nitrogens is 1. The van der Waals surface area contributed by atoms with Gasteiger partial charge in [0, 0.05) is 38.8 Å². The summed E-state index contributed by atoms with van der Waals surface area (Å²) in [5, 5.41) is 3.35. The van der Waals surface area contributed by atoms with Gasteiger partial charge in [-0.1, -0.05) is 23.7 Å². The van der Waals surface area contributed by atoms with Crippen molar-refractivity contribution in [2.45, 2.75) is 32.2 Å². The molecule has 31 heavy (non-hydrogen) atoms. The zero-order valence-electron chi connectivity index (χ0n) is 18.0. The van der Waals surface area contributed by atoms with E-state index in [1.807, 2.05) is 36.1 Å². The maximum absolute atomic E-state index is 12.7. The van der Waals surface area contributed by atoms with Crippen LogP contribution < -0.4 is 10.1 Å². The third-order valence-corrected chi connectivity index (χ3v) is 5.80. The van der Waals surface area contributed by atoms with E-state index in [9.17, 15) is 9.59 Å². The molecule has 2 aromatic rings. The first-order valence-corrected chi connectivity index (χ1v) is 10.9. The van der Waals surface area contributed by atoms with E-state index >= 15 is 0 Å². The summed E-state index contributed by atoms with van der Waals surface area (Å²) in [4.78, 5) is 33.5. The molecule has 1 saturated heterocycles. The zero-order chi connectivity index (χ0) is 22.2.